The maximum absolute atomic E-state index is 13.2. The molecule has 1 N–H and O–H groups in total. The molecule has 43 heavy (non-hydrogen) atoms. The lowest BCUT2D eigenvalue weighted by Crippen LogP contribution is -2.22. The number of tetrazole rings is 1. The number of imidazole rings is 1. The van der Waals surface area contributed by atoms with Gasteiger partial charge in [0.05, 0.1) is 41.4 Å². The number of aryl methyl sites for hydroxylation is 1. The van der Waals surface area contributed by atoms with Gasteiger partial charge in [0.2, 0.25) is 12.6 Å². The van der Waals surface area contributed by atoms with Crippen molar-refractivity contribution >= 4 is 23.0 Å². The number of aromatic nitrogens is 7. The second kappa shape index (κ2) is 12.5. The molecule has 6 rings (SSSR count). The summed E-state index contributed by atoms with van der Waals surface area (Å²) in [6, 6.07) is 15.7. The molecular weight excluding hydrogens is 550 g/mol. The number of fused-ring (bicyclic) bond motifs is 1. The van der Waals surface area contributed by atoms with E-state index in [0.29, 0.717) is 41.6 Å². The normalized spacial score (nSPS) is 13.7. The SMILES string of the molecule is CCOc1nc2cccc(C(=O)OCOC(=O)C3CCCCC3)c2n1Cc1ccc(-n2cc(C)cc2-c2nn[nH]n2)cc1. The summed E-state index contributed by atoms with van der Waals surface area (Å²) in [5.74, 6) is -0.521. The zero-order chi connectivity index (χ0) is 29.8. The number of hydrogen-bond acceptors (Lipinski definition) is 9. The maximum Gasteiger partial charge on any atom is 0.343 e. The number of para-hydroxylation sites is 1. The van der Waals surface area contributed by atoms with Crippen molar-refractivity contribution in [2.75, 3.05) is 13.4 Å². The van der Waals surface area contributed by atoms with Crippen LogP contribution in [0.25, 0.3) is 28.2 Å². The molecule has 5 aromatic rings. The molecule has 3 heterocycles. The molecular formula is C31H33N7O5. The van der Waals surface area contributed by atoms with Crippen molar-refractivity contribution in [3.05, 3.63) is 71.4 Å². The Hall–Kier alpha value is -5.00. The van der Waals surface area contributed by atoms with E-state index in [1.807, 2.05) is 65.6 Å². The Morgan fingerprint density at radius 3 is 2.60 bits per heavy atom. The molecule has 1 aliphatic carbocycles. The van der Waals surface area contributed by atoms with E-state index in [2.05, 4.69) is 25.6 Å². The average molecular weight is 584 g/mol. The largest absolute Gasteiger partial charge is 0.465 e. The Morgan fingerprint density at radius 2 is 1.86 bits per heavy atom. The number of esters is 2. The monoisotopic (exact) mass is 583 g/mol. The van der Waals surface area contributed by atoms with Gasteiger partial charge in [0, 0.05) is 11.9 Å². The Labute approximate surface area is 248 Å². The van der Waals surface area contributed by atoms with E-state index in [4.69, 9.17) is 14.2 Å². The number of ether oxygens (including phenoxy) is 3. The van der Waals surface area contributed by atoms with Crippen LogP contribution in [0.3, 0.4) is 0 Å². The van der Waals surface area contributed by atoms with Gasteiger partial charge in [0.25, 0.3) is 6.01 Å². The van der Waals surface area contributed by atoms with Crippen molar-refractivity contribution < 1.29 is 23.8 Å². The number of nitrogens with zero attached hydrogens (tertiary/aromatic N) is 6. The number of nitrogens with one attached hydrogen (secondary N) is 1. The summed E-state index contributed by atoms with van der Waals surface area (Å²) in [7, 11) is 0. The van der Waals surface area contributed by atoms with Gasteiger partial charge in [-0.1, -0.05) is 37.5 Å². The number of H-pyrrole nitrogens is 1. The Balaban J connectivity index is 1.23. The Kier molecular flexibility index (Phi) is 8.16. The average Bonchev–Trinajstić information content (AvgIpc) is 3.77. The number of benzene rings is 2. The molecule has 0 amide bonds. The summed E-state index contributed by atoms with van der Waals surface area (Å²) in [6.45, 7) is 4.27. The zero-order valence-corrected chi connectivity index (χ0v) is 24.2. The number of hydrogen-bond donors (Lipinski definition) is 1. The van der Waals surface area contributed by atoms with Crippen molar-refractivity contribution in [1.29, 1.82) is 0 Å². The van der Waals surface area contributed by atoms with Crippen LogP contribution in [0.5, 0.6) is 6.01 Å². The van der Waals surface area contributed by atoms with Crippen LogP contribution < -0.4 is 4.74 Å². The van der Waals surface area contributed by atoms with Gasteiger partial charge in [-0.05, 0) is 73.4 Å². The number of rotatable bonds is 10. The van der Waals surface area contributed by atoms with E-state index in [0.717, 1.165) is 54.6 Å². The third kappa shape index (κ3) is 5.99. The van der Waals surface area contributed by atoms with Crippen LogP contribution >= 0.6 is 0 Å². The summed E-state index contributed by atoms with van der Waals surface area (Å²) >= 11 is 0. The lowest BCUT2D eigenvalue weighted by Gasteiger charge is -2.19. The predicted molar refractivity (Wildman–Crippen MR) is 157 cm³/mol. The molecule has 3 aromatic heterocycles. The molecule has 1 saturated carbocycles. The van der Waals surface area contributed by atoms with E-state index in [1.54, 1.807) is 12.1 Å². The van der Waals surface area contributed by atoms with Gasteiger partial charge >= 0.3 is 11.9 Å². The number of carbonyl (C=O) groups is 2. The van der Waals surface area contributed by atoms with Crippen molar-refractivity contribution in [2.45, 2.75) is 52.5 Å². The van der Waals surface area contributed by atoms with Gasteiger partial charge in [0.1, 0.15) is 0 Å². The highest BCUT2D eigenvalue weighted by Gasteiger charge is 2.24. The molecule has 0 aliphatic heterocycles. The standard InChI is InChI=1S/C31H33N7O5/c1-3-41-31-32-25-11-7-10-24(30(40)43-19-42-29(39)22-8-5-4-6-9-22)27(25)38(31)18-21-12-14-23(15-13-21)37-17-20(2)16-26(37)28-33-35-36-34-28/h7,10-17,22H,3-6,8-9,18-19H2,1-2H3,(H,33,34,35,36). The molecule has 0 radical (unpaired) electrons. The van der Waals surface area contributed by atoms with Crippen LogP contribution in [0.4, 0.5) is 0 Å². The van der Waals surface area contributed by atoms with Gasteiger partial charge < -0.3 is 18.8 Å². The molecule has 12 heteroatoms. The number of aromatic amines is 1. The first kappa shape index (κ1) is 28.1. The number of carbonyl (C=O) groups excluding carboxylic acids is 2. The first-order chi connectivity index (χ1) is 21.0. The second-order valence-electron chi connectivity index (χ2n) is 10.6. The fourth-order valence-corrected chi connectivity index (χ4v) is 5.59. The lowest BCUT2D eigenvalue weighted by molar-refractivity contribution is -0.158. The topological polar surface area (TPSA) is 139 Å². The minimum Gasteiger partial charge on any atom is -0.465 e. The molecule has 1 aliphatic rings. The third-order valence-electron chi connectivity index (χ3n) is 7.64. The lowest BCUT2D eigenvalue weighted by atomic mass is 9.89. The Bertz CT molecular complexity index is 1720. The molecule has 0 spiro atoms. The summed E-state index contributed by atoms with van der Waals surface area (Å²) in [6.07, 6.45) is 6.82. The quantitative estimate of drug-likeness (QED) is 0.178. The summed E-state index contributed by atoms with van der Waals surface area (Å²) in [4.78, 5) is 30.2. The van der Waals surface area contributed by atoms with Crippen molar-refractivity contribution in [2.24, 2.45) is 5.92 Å². The van der Waals surface area contributed by atoms with Gasteiger partial charge in [-0.3, -0.25) is 9.36 Å². The van der Waals surface area contributed by atoms with E-state index in [-0.39, 0.29) is 11.9 Å². The van der Waals surface area contributed by atoms with Crippen LogP contribution in [-0.4, -0.2) is 60.1 Å². The van der Waals surface area contributed by atoms with Crippen LogP contribution in [0.15, 0.2) is 54.7 Å². The van der Waals surface area contributed by atoms with E-state index >= 15 is 0 Å². The van der Waals surface area contributed by atoms with Gasteiger partial charge in [-0.15, -0.1) is 10.2 Å². The zero-order valence-electron chi connectivity index (χ0n) is 24.2. The van der Waals surface area contributed by atoms with Gasteiger partial charge in [0.15, 0.2) is 0 Å². The van der Waals surface area contributed by atoms with E-state index in [9.17, 15) is 9.59 Å². The first-order valence-electron chi connectivity index (χ1n) is 14.5. The predicted octanol–water partition coefficient (Wildman–Crippen LogP) is 5.00. The highest BCUT2D eigenvalue weighted by Crippen LogP contribution is 2.29. The van der Waals surface area contributed by atoms with Crippen LogP contribution in [0, 0.1) is 12.8 Å². The molecule has 1 fully saturated rings. The highest BCUT2D eigenvalue weighted by molar-refractivity contribution is 6.02. The Morgan fingerprint density at radius 1 is 1.05 bits per heavy atom. The van der Waals surface area contributed by atoms with Crippen molar-refractivity contribution in [1.82, 2.24) is 34.7 Å². The molecule has 12 nitrogen and oxygen atoms in total. The first-order valence-corrected chi connectivity index (χ1v) is 14.5. The fraction of sp³-hybridized carbons (Fsp3) is 0.355. The minimum absolute atomic E-state index is 0.121. The smallest absolute Gasteiger partial charge is 0.343 e. The van der Waals surface area contributed by atoms with E-state index < -0.39 is 12.8 Å². The summed E-state index contributed by atoms with van der Waals surface area (Å²) in [5, 5.41) is 14.4. The van der Waals surface area contributed by atoms with Gasteiger partial charge in [-0.25, -0.2) is 4.79 Å². The summed E-state index contributed by atoms with van der Waals surface area (Å²) in [5.41, 5.74) is 5.29. The summed E-state index contributed by atoms with van der Waals surface area (Å²) < 4.78 is 20.4. The van der Waals surface area contributed by atoms with Crippen molar-refractivity contribution in [3.63, 3.8) is 0 Å². The molecule has 0 saturated heterocycles. The highest BCUT2D eigenvalue weighted by atomic mass is 16.7. The van der Waals surface area contributed by atoms with Crippen LogP contribution in [0.1, 0.15) is 60.5 Å². The molecule has 0 atom stereocenters. The second-order valence-corrected chi connectivity index (χ2v) is 10.6. The maximum atomic E-state index is 13.2. The van der Waals surface area contributed by atoms with Crippen molar-refractivity contribution in [3.8, 4) is 23.2 Å². The fourth-order valence-electron chi connectivity index (χ4n) is 5.59. The molecule has 222 valence electrons. The molecule has 2 aromatic carbocycles. The van der Waals surface area contributed by atoms with Crippen LogP contribution in [-0.2, 0) is 20.8 Å². The molecule has 0 bridgehead atoms. The molecule has 0 unspecified atom stereocenters. The third-order valence-corrected chi connectivity index (χ3v) is 7.64. The minimum atomic E-state index is -0.599. The van der Waals surface area contributed by atoms with E-state index in [1.165, 1.54) is 0 Å². The van der Waals surface area contributed by atoms with Crippen LogP contribution in [0.2, 0.25) is 0 Å². The van der Waals surface area contributed by atoms with Gasteiger partial charge in [-0.2, -0.15) is 10.2 Å².